The Morgan fingerprint density at radius 1 is 1.67 bits per heavy atom. The minimum Gasteiger partial charge on any atom is -0.478 e. The lowest BCUT2D eigenvalue weighted by molar-refractivity contribution is 0.326. The van der Waals surface area contributed by atoms with Gasteiger partial charge in [0, 0.05) is 18.8 Å². The van der Waals surface area contributed by atoms with Crippen molar-refractivity contribution in [3.63, 3.8) is 0 Å². The number of hydrogen-bond donors (Lipinski definition) is 1. The highest BCUT2D eigenvalue weighted by Gasteiger charge is 2.01. The topological polar surface area (TPSA) is 48.1 Å². The maximum atomic E-state index is 5.80. The van der Waals surface area contributed by atoms with Gasteiger partial charge < -0.3 is 10.5 Å². The number of ether oxygens (including phenoxy) is 1. The lowest BCUT2D eigenvalue weighted by atomic mass is 10.3. The van der Waals surface area contributed by atoms with Gasteiger partial charge in [-0.2, -0.15) is 0 Å². The Balaban J connectivity index is 2.89. The molecule has 0 aliphatic rings. The Bertz CT molecular complexity index is 265. The van der Waals surface area contributed by atoms with E-state index in [1.807, 2.05) is 6.92 Å². The molecule has 1 aromatic heterocycles. The summed E-state index contributed by atoms with van der Waals surface area (Å²) in [6.45, 7) is 2.90. The molecule has 0 aromatic carbocycles. The minimum atomic E-state index is 0.404. The van der Waals surface area contributed by atoms with Crippen LogP contribution in [0.15, 0.2) is 12.3 Å². The number of pyridine rings is 1. The molecule has 0 aliphatic heterocycles. The summed E-state index contributed by atoms with van der Waals surface area (Å²) < 4.78 is 5.18. The molecule has 0 atom stereocenters. The molecule has 0 bridgehead atoms. The molecule has 0 spiro atoms. The Morgan fingerprint density at radius 2 is 2.42 bits per heavy atom. The summed E-state index contributed by atoms with van der Waals surface area (Å²) in [5.41, 5.74) is 6.30. The van der Waals surface area contributed by atoms with Gasteiger partial charge in [0.05, 0.1) is 11.6 Å². The van der Waals surface area contributed by atoms with Crippen LogP contribution in [0, 0.1) is 0 Å². The molecule has 0 amide bonds. The van der Waals surface area contributed by atoms with E-state index < -0.39 is 0 Å². The van der Waals surface area contributed by atoms with Crippen molar-refractivity contribution in [3.8, 4) is 5.88 Å². The van der Waals surface area contributed by atoms with E-state index in [-0.39, 0.29) is 0 Å². The van der Waals surface area contributed by atoms with E-state index in [9.17, 15) is 0 Å². The molecule has 3 nitrogen and oxygen atoms in total. The Labute approximate surface area is 76.5 Å². The second kappa shape index (κ2) is 4.28. The first-order chi connectivity index (χ1) is 5.77. The monoisotopic (exact) mass is 186 g/mol. The molecule has 0 saturated heterocycles. The quantitative estimate of drug-likeness (QED) is 0.780. The molecule has 1 aromatic rings. The van der Waals surface area contributed by atoms with Gasteiger partial charge in [0.25, 0.3) is 0 Å². The molecule has 0 aliphatic carbocycles. The molecule has 12 heavy (non-hydrogen) atoms. The Kier molecular flexibility index (Phi) is 3.31. The van der Waals surface area contributed by atoms with E-state index in [2.05, 4.69) is 4.98 Å². The zero-order valence-corrected chi connectivity index (χ0v) is 7.64. The van der Waals surface area contributed by atoms with Crippen LogP contribution in [0.3, 0.4) is 0 Å². The highest BCUT2D eigenvalue weighted by atomic mass is 35.5. The highest BCUT2D eigenvalue weighted by molar-refractivity contribution is 6.31. The van der Waals surface area contributed by atoms with Gasteiger partial charge in [-0.3, -0.25) is 0 Å². The molecule has 2 N–H and O–H groups in total. The maximum Gasteiger partial charge on any atom is 0.213 e. The van der Waals surface area contributed by atoms with Gasteiger partial charge in [0.1, 0.15) is 0 Å². The van der Waals surface area contributed by atoms with Crippen molar-refractivity contribution in [2.24, 2.45) is 5.73 Å². The van der Waals surface area contributed by atoms with Crippen molar-refractivity contribution in [1.82, 2.24) is 4.98 Å². The van der Waals surface area contributed by atoms with E-state index >= 15 is 0 Å². The van der Waals surface area contributed by atoms with Gasteiger partial charge in [0.15, 0.2) is 0 Å². The molecule has 4 heteroatoms. The van der Waals surface area contributed by atoms with Crippen LogP contribution < -0.4 is 10.5 Å². The third-order valence-electron chi connectivity index (χ3n) is 1.42. The van der Waals surface area contributed by atoms with Crippen LogP contribution >= 0.6 is 11.6 Å². The van der Waals surface area contributed by atoms with E-state index in [0.29, 0.717) is 24.1 Å². The summed E-state index contributed by atoms with van der Waals surface area (Å²) in [4.78, 5) is 3.97. The van der Waals surface area contributed by atoms with Crippen LogP contribution in [0.4, 0.5) is 0 Å². The van der Waals surface area contributed by atoms with Crippen LogP contribution in [0.1, 0.15) is 12.5 Å². The van der Waals surface area contributed by atoms with Gasteiger partial charge in [-0.1, -0.05) is 11.6 Å². The number of rotatable bonds is 3. The van der Waals surface area contributed by atoms with Gasteiger partial charge in [-0.05, 0) is 12.5 Å². The summed E-state index contributed by atoms with van der Waals surface area (Å²) in [5.74, 6) is 0.572. The Morgan fingerprint density at radius 3 is 3.00 bits per heavy atom. The first kappa shape index (κ1) is 9.29. The number of halogens is 1. The first-order valence-corrected chi connectivity index (χ1v) is 4.13. The largest absolute Gasteiger partial charge is 0.478 e. The smallest absolute Gasteiger partial charge is 0.213 e. The van der Waals surface area contributed by atoms with Gasteiger partial charge in [-0.25, -0.2) is 4.98 Å². The van der Waals surface area contributed by atoms with Crippen molar-refractivity contribution >= 4 is 11.6 Å². The average molecular weight is 187 g/mol. The summed E-state index contributed by atoms with van der Waals surface area (Å²) in [7, 11) is 0. The van der Waals surface area contributed by atoms with Crippen molar-refractivity contribution < 1.29 is 4.74 Å². The van der Waals surface area contributed by atoms with Crippen LogP contribution in [0.2, 0.25) is 5.02 Å². The highest BCUT2D eigenvalue weighted by Crippen LogP contribution is 2.18. The number of nitrogens with zero attached hydrogens (tertiary/aromatic N) is 1. The van der Waals surface area contributed by atoms with Gasteiger partial charge in [-0.15, -0.1) is 0 Å². The third-order valence-corrected chi connectivity index (χ3v) is 1.76. The lowest BCUT2D eigenvalue weighted by Crippen LogP contribution is -2.00. The predicted molar refractivity (Wildman–Crippen MR) is 48.3 cm³/mol. The van der Waals surface area contributed by atoms with Crippen molar-refractivity contribution in [3.05, 3.63) is 22.8 Å². The van der Waals surface area contributed by atoms with E-state index in [1.54, 1.807) is 12.3 Å². The fourth-order valence-corrected chi connectivity index (χ4v) is 1.02. The fourth-order valence-electron chi connectivity index (χ4n) is 0.842. The summed E-state index contributed by atoms with van der Waals surface area (Å²) in [5, 5.41) is 0.584. The van der Waals surface area contributed by atoms with E-state index in [0.717, 1.165) is 5.56 Å². The van der Waals surface area contributed by atoms with Crippen molar-refractivity contribution in [2.45, 2.75) is 13.5 Å². The van der Waals surface area contributed by atoms with Gasteiger partial charge >= 0.3 is 0 Å². The normalized spacial score (nSPS) is 9.92. The molecule has 66 valence electrons. The molecule has 1 heterocycles. The molecule has 1 rings (SSSR count). The molecule has 0 unspecified atom stereocenters. The predicted octanol–water partition coefficient (Wildman–Crippen LogP) is 1.59. The van der Waals surface area contributed by atoms with Crippen LogP contribution in [0.5, 0.6) is 5.88 Å². The standard InChI is InChI=1S/C8H11ClN2O/c1-2-12-8-3-6(4-10)7(9)5-11-8/h3,5H,2,4,10H2,1H3. The average Bonchev–Trinajstić information content (AvgIpc) is 2.09. The lowest BCUT2D eigenvalue weighted by Gasteiger charge is -2.04. The summed E-state index contributed by atoms with van der Waals surface area (Å²) in [6.07, 6.45) is 1.55. The molecular formula is C8H11ClN2O. The third kappa shape index (κ3) is 2.09. The SMILES string of the molecule is CCOc1cc(CN)c(Cl)cn1. The zero-order valence-electron chi connectivity index (χ0n) is 6.88. The second-order valence-corrected chi connectivity index (χ2v) is 2.66. The van der Waals surface area contributed by atoms with Crippen LogP contribution in [-0.4, -0.2) is 11.6 Å². The van der Waals surface area contributed by atoms with Crippen molar-refractivity contribution in [2.75, 3.05) is 6.61 Å². The molecule has 0 fully saturated rings. The number of nitrogens with two attached hydrogens (primary N) is 1. The number of hydrogen-bond acceptors (Lipinski definition) is 3. The van der Waals surface area contributed by atoms with Crippen LogP contribution in [0.25, 0.3) is 0 Å². The maximum absolute atomic E-state index is 5.80. The first-order valence-electron chi connectivity index (χ1n) is 3.75. The zero-order chi connectivity index (χ0) is 8.97. The van der Waals surface area contributed by atoms with Gasteiger partial charge in [0.2, 0.25) is 5.88 Å². The Hall–Kier alpha value is -0.800. The fraction of sp³-hybridized carbons (Fsp3) is 0.375. The van der Waals surface area contributed by atoms with E-state index in [4.69, 9.17) is 22.1 Å². The summed E-state index contributed by atoms with van der Waals surface area (Å²) in [6, 6.07) is 1.76. The molecule has 0 radical (unpaired) electrons. The number of aromatic nitrogens is 1. The molecular weight excluding hydrogens is 176 g/mol. The molecule has 0 saturated carbocycles. The summed E-state index contributed by atoms with van der Waals surface area (Å²) >= 11 is 5.80. The minimum absolute atomic E-state index is 0.404. The van der Waals surface area contributed by atoms with Crippen molar-refractivity contribution in [1.29, 1.82) is 0 Å². The van der Waals surface area contributed by atoms with Crippen LogP contribution in [-0.2, 0) is 6.54 Å². The second-order valence-electron chi connectivity index (χ2n) is 2.25. The van der Waals surface area contributed by atoms with E-state index in [1.165, 1.54) is 0 Å².